The number of nitrogens with zero attached hydrogens (tertiary/aromatic N) is 2. The van der Waals surface area contributed by atoms with Gasteiger partial charge in [-0.1, -0.05) is 0 Å². The van der Waals surface area contributed by atoms with E-state index in [2.05, 4.69) is 17.3 Å². The molecule has 13 heavy (non-hydrogen) atoms. The van der Waals surface area contributed by atoms with E-state index in [1.54, 1.807) is 6.20 Å². The van der Waals surface area contributed by atoms with Crippen molar-refractivity contribution in [1.29, 1.82) is 0 Å². The van der Waals surface area contributed by atoms with Crippen molar-refractivity contribution in [1.82, 2.24) is 9.78 Å². The van der Waals surface area contributed by atoms with E-state index in [0.717, 1.165) is 24.2 Å². The lowest BCUT2D eigenvalue weighted by atomic mass is 10.1. The summed E-state index contributed by atoms with van der Waals surface area (Å²) >= 11 is 0. The Balaban J connectivity index is 2.39. The van der Waals surface area contributed by atoms with Gasteiger partial charge in [-0.3, -0.25) is 4.79 Å². The average Bonchev–Trinajstić information content (AvgIpc) is 2.46. The Morgan fingerprint density at radius 3 is 3.23 bits per heavy atom. The first-order chi connectivity index (χ1) is 6.18. The van der Waals surface area contributed by atoms with Gasteiger partial charge in [0.25, 0.3) is 0 Å². The van der Waals surface area contributed by atoms with Gasteiger partial charge in [0, 0.05) is 13.0 Å². The minimum atomic E-state index is -0.0161. The molecule has 0 amide bonds. The number of nitrogens with one attached hydrogen (secondary N) is 1. The molecule has 0 aromatic carbocycles. The average molecular weight is 179 g/mol. The molecule has 4 nitrogen and oxygen atoms in total. The van der Waals surface area contributed by atoms with Crippen LogP contribution in [0.3, 0.4) is 0 Å². The zero-order valence-electron chi connectivity index (χ0n) is 7.87. The van der Waals surface area contributed by atoms with Crippen molar-refractivity contribution in [2.45, 2.75) is 32.7 Å². The maximum absolute atomic E-state index is 11.1. The Morgan fingerprint density at radius 2 is 2.54 bits per heavy atom. The molecule has 4 heteroatoms. The van der Waals surface area contributed by atoms with Crippen LogP contribution in [0.5, 0.6) is 0 Å². The van der Waals surface area contributed by atoms with Gasteiger partial charge < -0.3 is 5.32 Å². The minimum Gasteiger partial charge on any atom is -0.380 e. The van der Waals surface area contributed by atoms with Crippen LogP contribution in [0.4, 0.5) is 5.69 Å². The number of hydrogen-bond acceptors (Lipinski definition) is 3. The smallest absolute Gasteiger partial charge is 0.244 e. The molecule has 1 unspecified atom stereocenters. The first kappa shape index (κ1) is 8.29. The normalized spacial score (nSPS) is 20.6. The van der Waals surface area contributed by atoms with E-state index in [1.807, 2.05) is 0 Å². The molecular formula is C9H13N3O. The van der Waals surface area contributed by atoms with E-state index in [1.165, 1.54) is 11.6 Å². The fourth-order valence-corrected chi connectivity index (χ4v) is 1.70. The van der Waals surface area contributed by atoms with Crippen LogP contribution < -0.4 is 5.32 Å². The fraction of sp³-hybridized carbons (Fsp3) is 0.556. The Morgan fingerprint density at radius 1 is 1.77 bits per heavy atom. The molecule has 0 fully saturated rings. The van der Waals surface area contributed by atoms with Crippen LogP contribution in [0.2, 0.25) is 0 Å². The number of anilines is 1. The molecule has 2 rings (SSSR count). The Kier molecular flexibility index (Phi) is 1.83. The van der Waals surface area contributed by atoms with Crippen LogP contribution in [0.1, 0.15) is 30.8 Å². The quantitative estimate of drug-likeness (QED) is 0.652. The predicted molar refractivity (Wildman–Crippen MR) is 49.9 cm³/mol. The summed E-state index contributed by atoms with van der Waals surface area (Å²) < 4.78 is 1.48. The summed E-state index contributed by atoms with van der Waals surface area (Å²) in [5.74, 6) is -0.0161. The fourth-order valence-electron chi connectivity index (χ4n) is 1.70. The lowest BCUT2D eigenvalue weighted by molar-refractivity contribution is 0.0917. The minimum absolute atomic E-state index is 0.0161. The molecule has 0 aliphatic carbocycles. The van der Waals surface area contributed by atoms with Crippen molar-refractivity contribution < 1.29 is 4.79 Å². The summed E-state index contributed by atoms with van der Waals surface area (Å²) in [6.45, 7) is 3.67. The largest absolute Gasteiger partial charge is 0.380 e. The molecule has 0 bridgehead atoms. The highest BCUT2D eigenvalue weighted by Crippen LogP contribution is 2.23. The summed E-state index contributed by atoms with van der Waals surface area (Å²) in [7, 11) is 0. The summed E-state index contributed by atoms with van der Waals surface area (Å²) in [6, 6.07) is 0.483. The van der Waals surface area contributed by atoms with Crippen molar-refractivity contribution in [2.24, 2.45) is 0 Å². The number of carbonyl (C=O) groups excluding carboxylic acids is 1. The van der Waals surface area contributed by atoms with Gasteiger partial charge in [-0.05, 0) is 19.8 Å². The number of hydrogen-bond donors (Lipinski definition) is 1. The molecule has 70 valence electrons. The highest BCUT2D eigenvalue weighted by molar-refractivity contribution is 5.77. The van der Waals surface area contributed by atoms with Crippen LogP contribution in [-0.2, 0) is 6.42 Å². The molecule has 1 aromatic rings. The summed E-state index contributed by atoms with van der Waals surface area (Å²) in [5, 5.41) is 7.34. The molecular weight excluding hydrogens is 166 g/mol. The second kappa shape index (κ2) is 2.87. The van der Waals surface area contributed by atoms with Gasteiger partial charge in [-0.25, -0.2) is 4.68 Å². The summed E-state index contributed by atoms with van der Waals surface area (Å²) in [5.41, 5.74) is 2.03. The maximum atomic E-state index is 11.1. The Hall–Kier alpha value is -1.32. The lowest BCUT2D eigenvalue weighted by Gasteiger charge is -2.21. The molecule has 2 heterocycles. The number of rotatable bonds is 0. The third-order valence-corrected chi connectivity index (χ3v) is 2.38. The van der Waals surface area contributed by atoms with Gasteiger partial charge in [0.2, 0.25) is 5.91 Å². The highest BCUT2D eigenvalue weighted by atomic mass is 16.2. The van der Waals surface area contributed by atoms with Gasteiger partial charge in [0.1, 0.15) is 0 Å². The van der Waals surface area contributed by atoms with Crippen molar-refractivity contribution in [3.8, 4) is 0 Å². The zero-order valence-corrected chi connectivity index (χ0v) is 7.87. The van der Waals surface area contributed by atoms with E-state index in [4.69, 9.17) is 0 Å². The number of aromatic nitrogens is 2. The molecule has 0 spiro atoms. The Labute approximate surface area is 76.9 Å². The van der Waals surface area contributed by atoms with Crippen molar-refractivity contribution in [3.05, 3.63) is 11.9 Å². The van der Waals surface area contributed by atoms with Gasteiger partial charge in [0.05, 0.1) is 17.6 Å². The van der Waals surface area contributed by atoms with E-state index in [-0.39, 0.29) is 5.91 Å². The third-order valence-electron chi connectivity index (χ3n) is 2.38. The Bertz CT molecular complexity index is 343. The van der Waals surface area contributed by atoms with E-state index in [9.17, 15) is 4.79 Å². The van der Waals surface area contributed by atoms with E-state index in [0.29, 0.717) is 6.04 Å². The molecule has 1 atom stereocenters. The van der Waals surface area contributed by atoms with Gasteiger partial charge in [-0.2, -0.15) is 5.10 Å². The first-order valence-corrected chi connectivity index (χ1v) is 4.53. The molecule has 0 saturated carbocycles. The molecule has 1 aromatic heterocycles. The molecule has 1 N–H and O–H groups in total. The second-order valence-corrected chi connectivity index (χ2v) is 3.52. The summed E-state index contributed by atoms with van der Waals surface area (Å²) in [6.07, 6.45) is 3.72. The molecule has 0 saturated heterocycles. The van der Waals surface area contributed by atoms with E-state index >= 15 is 0 Å². The van der Waals surface area contributed by atoms with Gasteiger partial charge >= 0.3 is 0 Å². The number of carbonyl (C=O) groups is 1. The van der Waals surface area contributed by atoms with Gasteiger partial charge in [-0.15, -0.1) is 0 Å². The highest BCUT2D eigenvalue weighted by Gasteiger charge is 2.19. The standard InChI is InChI=1S/C9H13N3O/c1-6-3-4-9-8(11-6)5-10-12(9)7(2)13/h5-6,11H,3-4H2,1-2H3. The lowest BCUT2D eigenvalue weighted by Crippen LogP contribution is -2.23. The van der Waals surface area contributed by atoms with Crippen molar-refractivity contribution in [2.75, 3.05) is 5.32 Å². The van der Waals surface area contributed by atoms with Crippen LogP contribution in [0.15, 0.2) is 6.20 Å². The monoisotopic (exact) mass is 179 g/mol. The SMILES string of the molecule is CC(=O)n1ncc2c1CCC(C)N2. The molecule has 1 aliphatic rings. The third kappa shape index (κ3) is 1.32. The maximum Gasteiger partial charge on any atom is 0.244 e. The van der Waals surface area contributed by atoms with Crippen LogP contribution in [0.25, 0.3) is 0 Å². The van der Waals surface area contributed by atoms with Crippen molar-refractivity contribution in [3.63, 3.8) is 0 Å². The van der Waals surface area contributed by atoms with E-state index < -0.39 is 0 Å². The molecule has 1 aliphatic heterocycles. The zero-order chi connectivity index (χ0) is 9.42. The van der Waals surface area contributed by atoms with Gasteiger partial charge in [0.15, 0.2) is 0 Å². The predicted octanol–water partition coefficient (Wildman–Crippen LogP) is 1.29. The van der Waals surface area contributed by atoms with Crippen LogP contribution >= 0.6 is 0 Å². The van der Waals surface area contributed by atoms with Crippen molar-refractivity contribution >= 4 is 11.6 Å². The topological polar surface area (TPSA) is 46.9 Å². The van der Waals surface area contributed by atoms with Crippen LogP contribution in [0, 0.1) is 0 Å². The first-order valence-electron chi connectivity index (χ1n) is 4.53. The molecule has 0 radical (unpaired) electrons. The van der Waals surface area contributed by atoms with Crippen LogP contribution in [-0.4, -0.2) is 21.7 Å². The number of fused-ring (bicyclic) bond motifs is 1. The summed E-state index contributed by atoms with van der Waals surface area (Å²) in [4.78, 5) is 11.1. The second-order valence-electron chi connectivity index (χ2n) is 3.52.